The Morgan fingerprint density at radius 3 is 1.71 bits per heavy atom. The zero-order chi connectivity index (χ0) is 31.9. The van der Waals surface area contributed by atoms with E-state index in [0.717, 1.165) is 17.1 Å². The smallest absolute Gasteiger partial charge is 0.0468 e. The molecule has 1 heterocycles. The maximum atomic E-state index is 2.38. The van der Waals surface area contributed by atoms with Crippen LogP contribution in [-0.2, 0) is 0 Å². The molecule has 0 aliphatic carbocycles. The molecule has 48 heavy (non-hydrogen) atoms. The van der Waals surface area contributed by atoms with Gasteiger partial charge < -0.3 is 4.90 Å². The second-order valence-electron chi connectivity index (χ2n) is 12.2. The lowest BCUT2D eigenvalue weighted by atomic mass is 9.97. The van der Waals surface area contributed by atoms with Crippen LogP contribution in [0.3, 0.4) is 0 Å². The third-order valence-electron chi connectivity index (χ3n) is 9.23. The maximum Gasteiger partial charge on any atom is 0.0468 e. The maximum absolute atomic E-state index is 2.38. The lowest BCUT2D eigenvalue weighted by Crippen LogP contribution is -2.10. The molecular weight excluding hydrogens is 599 g/mol. The Morgan fingerprint density at radius 1 is 0.292 bits per heavy atom. The molecule has 0 fully saturated rings. The van der Waals surface area contributed by atoms with Crippen molar-refractivity contribution in [1.82, 2.24) is 0 Å². The van der Waals surface area contributed by atoms with Crippen molar-refractivity contribution in [3.05, 3.63) is 188 Å². The van der Waals surface area contributed by atoms with Crippen LogP contribution in [0.25, 0.3) is 64.3 Å². The SMILES string of the molecule is c1ccc(-c2cccc(N(c3ccc(-c4cccc(-c5ccc6ccccc6c5)c4)cc3)c3ccc4sc5ccccc5c4c3)c2)cc1. The van der Waals surface area contributed by atoms with Gasteiger partial charge in [0.25, 0.3) is 0 Å². The first kappa shape index (κ1) is 28.3. The fraction of sp³-hybridized carbons (Fsp3) is 0. The van der Waals surface area contributed by atoms with Gasteiger partial charge in [-0.05, 0) is 105 Å². The summed E-state index contributed by atoms with van der Waals surface area (Å²) in [7, 11) is 0. The number of fused-ring (bicyclic) bond motifs is 4. The van der Waals surface area contributed by atoms with Crippen molar-refractivity contribution in [2.75, 3.05) is 4.90 Å². The summed E-state index contributed by atoms with van der Waals surface area (Å²) in [6.07, 6.45) is 0. The van der Waals surface area contributed by atoms with E-state index in [0.29, 0.717) is 0 Å². The quantitative estimate of drug-likeness (QED) is 0.177. The Kier molecular flexibility index (Phi) is 7.07. The number of anilines is 3. The van der Waals surface area contributed by atoms with Crippen LogP contribution >= 0.6 is 11.3 Å². The van der Waals surface area contributed by atoms with Gasteiger partial charge in [0, 0.05) is 37.2 Å². The summed E-state index contributed by atoms with van der Waals surface area (Å²) >= 11 is 1.85. The van der Waals surface area contributed by atoms with Crippen molar-refractivity contribution < 1.29 is 0 Å². The second kappa shape index (κ2) is 12.0. The molecule has 0 unspecified atom stereocenters. The number of thiophene rings is 1. The molecule has 1 nitrogen and oxygen atoms in total. The van der Waals surface area contributed by atoms with E-state index < -0.39 is 0 Å². The average Bonchev–Trinajstić information content (AvgIpc) is 3.54. The van der Waals surface area contributed by atoms with E-state index in [1.807, 2.05) is 11.3 Å². The number of hydrogen-bond donors (Lipinski definition) is 0. The van der Waals surface area contributed by atoms with E-state index in [2.05, 4.69) is 193 Å². The van der Waals surface area contributed by atoms with Gasteiger partial charge in [-0.25, -0.2) is 0 Å². The molecule has 0 aliphatic rings. The van der Waals surface area contributed by atoms with Crippen molar-refractivity contribution in [3.63, 3.8) is 0 Å². The van der Waals surface area contributed by atoms with Crippen molar-refractivity contribution in [3.8, 4) is 33.4 Å². The molecule has 226 valence electrons. The van der Waals surface area contributed by atoms with Crippen molar-refractivity contribution >= 4 is 59.3 Å². The number of nitrogens with zero attached hydrogens (tertiary/aromatic N) is 1. The molecule has 2 heteroatoms. The molecular formula is C46H31NS. The molecule has 8 aromatic carbocycles. The van der Waals surface area contributed by atoms with Crippen molar-refractivity contribution in [2.45, 2.75) is 0 Å². The normalized spacial score (nSPS) is 11.3. The van der Waals surface area contributed by atoms with Gasteiger partial charge in [-0.3, -0.25) is 0 Å². The molecule has 9 rings (SSSR count). The summed E-state index contributed by atoms with van der Waals surface area (Å²) in [6.45, 7) is 0. The standard InChI is InChI=1S/C46H31NS/c1-2-10-32(11-3-1)38-16-9-17-41(30-38)47(42-26-27-46-44(31-42)43-18-6-7-19-45(43)48-46)40-24-22-34(23-25-40)36-14-8-15-37(28-36)39-21-20-33-12-4-5-13-35(33)29-39/h1-31H. The zero-order valence-electron chi connectivity index (χ0n) is 26.3. The third-order valence-corrected chi connectivity index (χ3v) is 10.4. The van der Waals surface area contributed by atoms with Crippen LogP contribution in [-0.4, -0.2) is 0 Å². The predicted molar refractivity (Wildman–Crippen MR) is 208 cm³/mol. The van der Waals surface area contributed by atoms with E-state index in [1.165, 1.54) is 64.3 Å². The van der Waals surface area contributed by atoms with Crippen molar-refractivity contribution in [1.29, 1.82) is 0 Å². The Balaban J connectivity index is 1.13. The third kappa shape index (κ3) is 5.23. The van der Waals surface area contributed by atoms with Gasteiger partial charge in [-0.15, -0.1) is 11.3 Å². The van der Waals surface area contributed by atoms with Gasteiger partial charge in [-0.2, -0.15) is 0 Å². The highest BCUT2D eigenvalue weighted by Crippen LogP contribution is 2.42. The van der Waals surface area contributed by atoms with Crippen LogP contribution < -0.4 is 4.90 Å². The van der Waals surface area contributed by atoms with E-state index in [1.54, 1.807) is 0 Å². The molecule has 0 aliphatic heterocycles. The molecule has 0 radical (unpaired) electrons. The fourth-order valence-electron chi connectivity index (χ4n) is 6.81. The van der Waals surface area contributed by atoms with Gasteiger partial charge >= 0.3 is 0 Å². The predicted octanol–water partition coefficient (Wildman–Crippen LogP) is 13.7. The Hall–Kier alpha value is -5.96. The van der Waals surface area contributed by atoms with Crippen LogP contribution in [0.2, 0.25) is 0 Å². The lowest BCUT2D eigenvalue weighted by Gasteiger charge is -2.26. The molecule has 0 saturated carbocycles. The topological polar surface area (TPSA) is 3.24 Å². The van der Waals surface area contributed by atoms with E-state index in [-0.39, 0.29) is 0 Å². The summed E-state index contributed by atoms with van der Waals surface area (Å²) in [5.41, 5.74) is 10.6. The monoisotopic (exact) mass is 629 g/mol. The molecule has 0 N–H and O–H groups in total. The molecule has 0 saturated heterocycles. The van der Waals surface area contributed by atoms with Crippen LogP contribution in [0.1, 0.15) is 0 Å². The van der Waals surface area contributed by atoms with Gasteiger partial charge in [0.05, 0.1) is 0 Å². The largest absolute Gasteiger partial charge is 0.310 e. The van der Waals surface area contributed by atoms with E-state index in [9.17, 15) is 0 Å². The molecule has 9 aromatic rings. The summed E-state index contributed by atoms with van der Waals surface area (Å²) in [6, 6.07) is 68.2. The second-order valence-corrected chi connectivity index (χ2v) is 13.3. The highest BCUT2D eigenvalue weighted by atomic mass is 32.1. The summed E-state index contributed by atoms with van der Waals surface area (Å²) in [4.78, 5) is 2.38. The summed E-state index contributed by atoms with van der Waals surface area (Å²) in [5.74, 6) is 0. The van der Waals surface area contributed by atoms with Crippen LogP contribution in [0, 0.1) is 0 Å². The molecule has 1 aromatic heterocycles. The number of benzene rings is 8. The Morgan fingerprint density at radius 2 is 0.854 bits per heavy atom. The summed E-state index contributed by atoms with van der Waals surface area (Å²) in [5, 5.41) is 5.12. The average molecular weight is 630 g/mol. The molecule has 0 bridgehead atoms. The number of hydrogen-bond acceptors (Lipinski definition) is 2. The molecule has 0 amide bonds. The van der Waals surface area contributed by atoms with Gasteiger partial charge in [0.2, 0.25) is 0 Å². The van der Waals surface area contributed by atoms with Gasteiger partial charge in [0.15, 0.2) is 0 Å². The minimum atomic E-state index is 1.12. The first-order valence-electron chi connectivity index (χ1n) is 16.3. The number of rotatable bonds is 6. The van der Waals surface area contributed by atoms with Gasteiger partial charge in [-0.1, -0.05) is 127 Å². The van der Waals surface area contributed by atoms with Gasteiger partial charge in [0.1, 0.15) is 0 Å². The fourth-order valence-corrected chi connectivity index (χ4v) is 7.89. The Bertz CT molecular complexity index is 2560. The van der Waals surface area contributed by atoms with Crippen LogP contribution in [0.4, 0.5) is 17.1 Å². The zero-order valence-corrected chi connectivity index (χ0v) is 27.1. The van der Waals surface area contributed by atoms with Crippen LogP contribution in [0.5, 0.6) is 0 Å². The van der Waals surface area contributed by atoms with E-state index in [4.69, 9.17) is 0 Å². The first-order valence-corrected chi connectivity index (χ1v) is 17.2. The summed E-state index contributed by atoms with van der Waals surface area (Å²) < 4.78 is 2.62. The molecule has 0 spiro atoms. The minimum absolute atomic E-state index is 1.12. The first-order chi connectivity index (χ1) is 23.8. The van der Waals surface area contributed by atoms with Crippen molar-refractivity contribution in [2.24, 2.45) is 0 Å². The highest BCUT2D eigenvalue weighted by molar-refractivity contribution is 7.25. The lowest BCUT2D eigenvalue weighted by molar-refractivity contribution is 1.29. The molecule has 0 atom stereocenters. The minimum Gasteiger partial charge on any atom is -0.310 e. The van der Waals surface area contributed by atoms with Crippen LogP contribution in [0.15, 0.2) is 188 Å². The van der Waals surface area contributed by atoms with E-state index >= 15 is 0 Å². The Labute approximate surface area is 284 Å². The highest BCUT2D eigenvalue weighted by Gasteiger charge is 2.16.